The molecule has 1 aromatic carbocycles. The molecule has 2 unspecified atom stereocenters. The van der Waals surface area contributed by atoms with E-state index in [1.165, 1.54) is 24.6 Å². The van der Waals surface area contributed by atoms with Crippen LogP contribution in [-0.2, 0) is 14.8 Å². The van der Waals surface area contributed by atoms with E-state index in [-0.39, 0.29) is 21.7 Å². The second-order valence-corrected chi connectivity index (χ2v) is 7.94. The van der Waals surface area contributed by atoms with Crippen molar-refractivity contribution in [3.63, 3.8) is 0 Å². The van der Waals surface area contributed by atoms with E-state index in [1.807, 2.05) is 0 Å². The highest BCUT2D eigenvalue weighted by molar-refractivity contribution is 7.89. The molecule has 0 bridgehead atoms. The Hall–Kier alpha value is -1.31. The maximum atomic E-state index is 12.3. The molecule has 1 aromatic rings. The van der Waals surface area contributed by atoms with Gasteiger partial charge < -0.3 is 9.84 Å². The summed E-state index contributed by atoms with van der Waals surface area (Å²) in [5.74, 6) is 0.380. The van der Waals surface area contributed by atoms with Crippen LogP contribution < -0.4 is 9.46 Å². The van der Waals surface area contributed by atoms with Crippen LogP contribution in [-0.4, -0.2) is 32.1 Å². The molecule has 0 aliphatic heterocycles. The van der Waals surface area contributed by atoms with E-state index in [0.717, 1.165) is 12.8 Å². The summed E-state index contributed by atoms with van der Waals surface area (Å²) in [4.78, 5) is 10.5. The zero-order valence-corrected chi connectivity index (χ0v) is 13.2. The molecule has 8 heteroatoms. The van der Waals surface area contributed by atoms with Gasteiger partial charge in [-0.3, -0.25) is 0 Å². The predicted octanol–water partition coefficient (Wildman–Crippen LogP) is 1.88. The van der Waals surface area contributed by atoms with Crippen LogP contribution >= 0.6 is 11.6 Å². The number of ether oxygens (including phenoxy) is 1. The Morgan fingerprint density at radius 2 is 2.00 bits per heavy atom. The van der Waals surface area contributed by atoms with Crippen molar-refractivity contribution in [1.29, 1.82) is 0 Å². The molecule has 22 heavy (non-hydrogen) atoms. The molecule has 0 heterocycles. The van der Waals surface area contributed by atoms with Gasteiger partial charge in [-0.05, 0) is 49.3 Å². The lowest BCUT2D eigenvalue weighted by atomic mass is 10.2. The third-order valence-corrected chi connectivity index (χ3v) is 5.94. The fraction of sp³-hybridized carbons (Fsp3) is 0.500. The standard InChI is InChI=1S/C14H16ClNO5S/c15-12-6-11(1-2-13(12)21-7-14(17)18)22(19,20)16-10-4-8-3-9(8)5-10/h1-2,6,8-10,16H,3-5,7H2,(H,17,18). The van der Waals surface area contributed by atoms with Gasteiger partial charge in [-0.25, -0.2) is 17.9 Å². The zero-order valence-electron chi connectivity index (χ0n) is 11.7. The Kier molecular flexibility index (Phi) is 4.05. The van der Waals surface area contributed by atoms with Crippen LogP contribution in [0.1, 0.15) is 19.3 Å². The van der Waals surface area contributed by atoms with Gasteiger partial charge in [0.2, 0.25) is 10.0 Å². The minimum absolute atomic E-state index is 0.00420. The molecule has 0 spiro atoms. The van der Waals surface area contributed by atoms with Crippen molar-refractivity contribution in [3.05, 3.63) is 23.2 Å². The molecule has 2 atom stereocenters. The second kappa shape index (κ2) is 5.72. The lowest BCUT2D eigenvalue weighted by Gasteiger charge is -2.15. The van der Waals surface area contributed by atoms with E-state index in [4.69, 9.17) is 21.4 Å². The van der Waals surface area contributed by atoms with Crippen LogP contribution in [0.4, 0.5) is 0 Å². The minimum Gasteiger partial charge on any atom is -0.480 e. The van der Waals surface area contributed by atoms with Crippen LogP contribution in [0.5, 0.6) is 5.75 Å². The summed E-state index contributed by atoms with van der Waals surface area (Å²) in [6.45, 7) is -0.533. The lowest BCUT2D eigenvalue weighted by molar-refractivity contribution is -0.139. The van der Waals surface area contributed by atoms with E-state index >= 15 is 0 Å². The van der Waals surface area contributed by atoms with Crippen molar-refractivity contribution >= 4 is 27.6 Å². The van der Waals surface area contributed by atoms with Gasteiger partial charge in [0.15, 0.2) is 6.61 Å². The average Bonchev–Trinajstić information content (AvgIpc) is 3.04. The number of hydrogen-bond acceptors (Lipinski definition) is 4. The van der Waals surface area contributed by atoms with Gasteiger partial charge in [-0.1, -0.05) is 11.6 Å². The van der Waals surface area contributed by atoms with Crippen molar-refractivity contribution < 1.29 is 23.1 Å². The summed E-state index contributed by atoms with van der Waals surface area (Å²) in [5, 5.41) is 8.63. The third kappa shape index (κ3) is 3.37. The third-order valence-electron chi connectivity index (χ3n) is 4.13. The van der Waals surface area contributed by atoms with Crippen molar-refractivity contribution in [2.45, 2.75) is 30.2 Å². The highest BCUT2D eigenvalue weighted by atomic mass is 35.5. The van der Waals surface area contributed by atoms with Crippen molar-refractivity contribution in [1.82, 2.24) is 4.72 Å². The number of carboxylic acids is 1. The summed E-state index contributed by atoms with van der Waals surface area (Å²) in [7, 11) is -3.62. The van der Waals surface area contributed by atoms with Crippen LogP contribution in [0, 0.1) is 11.8 Å². The van der Waals surface area contributed by atoms with E-state index in [0.29, 0.717) is 11.8 Å². The normalized spacial score (nSPS) is 26.5. The van der Waals surface area contributed by atoms with E-state index in [9.17, 15) is 13.2 Å². The maximum absolute atomic E-state index is 12.3. The van der Waals surface area contributed by atoms with Crippen LogP contribution in [0.3, 0.4) is 0 Å². The van der Waals surface area contributed by atoms with E-state index in [2.05, 4.69) is 4.72 Å². The summed E-state index contributed by atoms with van der Waals surface area (Å²) in [6, 6.07) is 4.00. The summed E-state index contributed by atoms with van der Waals surface area (Å²) >= 11 is 5.96. The molecular formula is C14H16ClNO5S. The number of nitrogens with one attached hydrogen (secondary N) is 1. The fourth-order valence-electron chi connectivity index (χ4n) is 3.00. The molecule has 3 rings (SSSR count). The summed E-state index contributed by atoms with van der Waals surface area (Å²) in [6.07, 6.45) is 3.02. The molecule has 2 fully saturated rings. The highest BCUT2D eigenvalue weighted by Gasteiger charge is 2.46. The predicted molar refractivity (Wildman–Crippen MR) is 79.5 cm³/mol. The first-order valence-electron chi connectivity index (χ1n) is 7.01. The molecule has 0 amide bonds. The molecule has 2 saturated carbocycles. The first-order valence-corrected chi connectivity index (χ1v) is 8.88. The molecule has 2 aliphatic rings. The van der Waals surface area contributed by atoms with Crippen LogP contribution in [0.25, 0.3) is 0 Å². The Bertz CT molecular complexity index is 695. The van der Waals surface area contributed by atoms with E-state index in [1.54, 1.807) is 0 Å². The SMILES string of the molecule is O=C(O)COc1ccc(S(=O)(=O)NC2CC3CC3C2)cc1Cl. The monoisotopic (exact) mass is 345 g/mol. The fourth-order valence-corrected chi connectivity index (χ4v) is 4.59. The Labute approximate surface area is 133 Å². The quantitative estimate of drug-likeness (QED) is 0.821. The topological polar surface area (TPSA) is 92.7 Å². The van der Waals surface area contributed by atoms with E-state index < -0.39 is 22.6 Å². The lowest BCUT2D eigenvalue weighted by Crippen LogP contribution is -2.33. The van der Waals surface area contributed by atoms with Gasteiger partial charge in [0, 0.05) is 6.04 Å². The number of halogens is 1. The maximum Gasteiger partial charge on any atom is 0.341 e. The van der Waals surface area contributed by atoms with Gasteiger partial charge in [0.1, 0.15) is 5.75 Å². The Morgan fingerprint density at radius 1 is 1.32 bits per heavy atom. The smallest absolute Gasteiger partial charge is 0.341 e. The number of carbonyl (C=O) groups is 1. The molecule has 0 saturated heterocycles. The van der Waals surface area contributed by atoms with Gasteiger partial charge in [0.05, 0.1) is 9.92 Å². The molecule has 2 aliphatic carbocycles. The second-order valence-electron chi connectivity index (χ2n) is 5.82. The van der Waals surface area contributed by atoms with Gasteiger partial charge in [-0.2, -0.15) is 0 Å². The number of rotatable bonds is 6. The highest BCUT2D eigenvalue weighted by Crippen LogP contribution is 2.51. The van der Waals surface area contributed by atoms with Gasteiger partial charge >= 0.3 is 5.97 Å². The molecule has 0 aromatic heterocycles. The zero-order chi connectivity index (χ0) is 15.9. The molecular weight excluding hydrogens is 330 g/mol. The molecule has 6 nitrogen and oxygen atoms in total. The van der Waals surface area contributed by atoms with Crippen molar-refractivity contribution in [2.75, 3.05) is 6.61 Å². The Morgan fingerprint density at radius 3 is 2.59 bits per heavy atom. The van der Waals surface area contributed by atoms with Crippen molar-refractivity contribution in [3.8, 4) is 5.75 Å². The summed E-state index contributed by atoms with van der Waals surface area (Å²) in [5.41, 5.74) is 0. The first-order chi connectivity index (χ1) is 10.3. The first kappa shape index (κ1) is 15.6. The van der Waals surface area contributed by atoms with Gasteiger partial charge in [-0.15, -0.1) is 0 Å². The van der Waals surface area contributed by atoms with Crippen LogP contribution in [0.15, 0.2) is 23.1 Å². The number of fused-ring (bicyclic) bond motifs is 1. The van der Waals surface area contributed by atoms with Crippen molar-refractivity contribution in [2.24, 2.45) is 11.8 Å². The number of benzene rings is 1. The van der Waals surface area contributed by atoms with Gasteiger partial charge in [0.25, 0.3) is 0 Å². The molecule has 2 N–H and O–H groups in total. The molecule has 120 valence electrons. The summed E-state index contributed by atoms with van der Waals surface area (Å²) < 4.78 is 32.3. The number of aliphatic carboxylic acids is 1. The number of hydrogen-bond donors (Lipinski definition) is 2. The minimum atomic E-state index is -3.62. The van der Waals surface area contributed by atoms with Crippen LogP contribution in [0.2, 0.25) is 5.02 Å². The Balaban J connectivity index is 1.70. The molecule has 0 radical (unpaired) electrons. The number of sulfonamides is 1. The average molecular weight is 346 g/mol. The number of carboxylic acid groups (broad SMARTS) is 1. The largest absolute Gasteiger partial charge is 0.480 e.